The van der Waals surface area contributed by atoms with E-state index in [-0.39, 0.29) is 10.8 Å². The van der Waals surface area contributed by atoms with Gasteiger partial charge in [0.25, 0.3) is 10.0 Å². The Morgan fingerprint density at radius 3 is 2.75 bits per heavy atom. The summed E-state index contributed by atoms with van der Waals surface area (Å²) in [6.45, 7) is 3.79. The molecular weight excluding hydrogens is 301 g/mol. The van der Waals surface area contributed by atoms with E-state index in [0.29, 0.717) is 6.42 Å². The average molecular weight is 315 g/mol. The molecule has 5 nitrogen and oxygen atoms in total. The van der Waals surface area contributed by atoms with Gasteiger partial charge in [-0.2, -0.15) is 0 Å². The number of anilines is 2. The zero-order valence-corrected chi connectivity index (χ0v) is 12.6. The third-order valence-corrected chi connectivity index (χ3v) is 5.11. The number of nitrogen functional groups attached to an aromatic ring is 1. The molecule has 0 spiro atoms. The van der Waals surface area contributed by atoms with Crippen molar-refractivity contribution in [1.29, 1.82) is 0 Å². The van der Waals surface area contributed by atoms with Crippen molar-refractivity contribution in [2.45, 2.75) is 25.2 Å². The molecule has 0 unspecified atom stereocenters. The molecule has 108 valence electrons. The number of nitrogens with two attached hydrogens (primary N) is 1. The van der Waals surface area contributed by atoms with Gasteiger partial charge in [-0.1, -0.05) is 6.92 Å². The first-order valence-corrected chi connectivity index (χ1v) is 8.17. The Balaban J connectivity index is 2.37. The Morgan fingerprint density at radius 2 is 2.15 bits per heavy atom. The smallest absolute Gasteiger partial charge is 0.266 e. The van der Waals surface area contributed by atoms with Crippen LogP contribution in [0.3, 0.4) is 0 Å². The lowest BCUT2D eigenvalue weighted by Gasteiger charge is -2.06. The summed E-state index contributed by atoms with van der Waals surface area (Å²) in [5.74, 6) is -0.851. The van der Waals surface area contributed by atoms with Gasteiger partial charge < -0.3 is 5.73 Å². The van der Waals surface area contributed by atoms with Gasteiger partial charge in [-0.3, -0.25) is 4.72 Å². The fourth-order valence-corrected chi connectivity index (χ4v) is 3.95. The predicted octanol–water partition coefficient (Wildman–Crippen LogP) is 2.54. The number of nitrogens with zero attached hydrogens (tertiary/aromatic N) is 1. The number of aromatic nitrogens is 1. The minimum absolute atomic E-state index is 0.177. The largest absolute Gasteiger partial charge is 0.399 e. The minimum Gasteiger partial charge on any atom is -0.399 e. The van der Waals surface area contributed by atoms with Crippen molar-refractivity contribution in [2.75, 3.05) is 10.5 Å². The number of aryl methyl sites for hydroxylation is 2. The molecule has 0 fully saturated rings. The maximum Gasteiger partial charge on any atom is 0.266 e. The average Bonchev–Trinajstić information content (AvgIpc) is 2.71. The van der Waals surface area contributed by atoms with Crippen molar-refractivity contribution in [3.8, 4) is 0 Å². The molecule has 1 aromatic carbocycles. The van der Waals surface area contributed by atoms with Crippen LogP contribution in [0.2, 0.25) is 0 Å². The van der Waals surface area contributed by atoms with Gasteiger partial charge in [-0.25, -0.2) is 17.8 Å². The molecular formula is C12H14FN3O2S2. The highest BCUT2D eigenvalue weighted by molar-refractivity contribution is 7.93. The lowest BCUT2D eigenvalue weighted by molar-refractivity contribution is 0.570. The van der Waals surface area contributed by atoms with Gasteiger partial charge in [0.05, 0.1) is 5.69 Å². The Bertz CT molecular complexity index is 741. The molecule has 2 aromatic rings. The van der Waals surface area contributed by atoms with Crippen molar-refractivity contribution in [3.63, 3.8) is 0 Å². The summed E-state index contributed by atoms with van der Waals surface area (Å²) in [7, 11) is -4.04. The summed E-state index contributed by atoms with van der Waals surface area (Å²) in [4.78, 5) is 4.61. The lowest BCUT2D eigenvalue weighted by atomic mass is 10.3. The topological polar surface area (TPSA) is 85.1 Å². The maximum absolute atomic E-state index is 13.6. The number of rotatable bonds is 4. The number of halogens is 1. The molecule has 0 aliphatic carbocycles. The van der Waals surface area contributed by atoms with E-state index in [1.165, 1.54) is 17.4 Å². The first kappa shape index (κ1) is 14.7. The van der Waals surface area contributed by atoms with Gasteiger partial charge in [0.1, 0.15) is 10.7 Å². The molecule has 0 saturated carbocycles. The standard InChI is InChI=1S/C12H14FN3O2S2/c1-3-10-7(2)19-12(15-10)16-20(17,18)11-6-8(14)4-5-9(11)13/h4-6H,3,14H2,1-2H3,(H,15,16). The van der Waals surface area contributed by atoms with Crippen LogP contribution >= 0.6 is 11.3 Å². The van der Waals surface area contributed by atoms with E-state index in [1.807, 2.05) is 13.8 Å². The number of nitrogens with one attached hydrogen (secondary N) is 1. The Morgan fingerprint density at radius 1 is 1.45 bits per heavy atom. The molecule has 2 rings (SSSR count). The predicted molar refractivity (Wildman–Crippen MR) is 77.8 cm³/mol. The lowest BCUT2D eigenvalue weighted by Crippen LogP contribution is -2.14. The summed E-state index contributed by atoms with van der Waals surface area (Å²) < 4.78 is 40.2. The van der Waals surface area contributed by atoms with Crippen molar-refractivity contribution in [3.05, 3.63) is 34.6 Å². The molecule has 1 aromatic heterocycles. The van der Waals surface area contributed by atoms with E-state index in [1.54, 1.807) is 0 Å². The molecule has 3 N–H and O–H groups in total. The first-order valence-electron chi connectivity index (χ1n) is 5.87. The molecule has 0 aliphatic heterocycles. The third-order valence-electron chi connectivity index (χ3n) is 2.69. The fourth-order valence-electron chi connectivity index (χ4n) is 1.70. The van der Waals surface area contributed by atoms with Crippen LogP contribution in [0.5, 0.6) is 0 Å². The van der Waals surface area contributed by atoms with Crippen molar-refractivity contribution in [1.82, 2.24) is 4.98 Å². The van der Waals surface area contributed by atoms with Gasteiger partial charge in [0.2, 0.25) is 0 Å². The Kier molecular flexibility index (Phi) is 3.96. The van der Waals surface area contributed by atoms with Crippen molar-refractivity contribution in [2.24, 2.45) is 0 Å². The third kappa shape index (κ3) is 2.91. The molecule has 20 heavy (non-hydrogen) atoms. The van der Waals surface area contributed by atoms with Crippen LogP contribution in [0.25, 0.3) is 0 Å². The van der Waals surface area contributed by atoms with Gasteiger partial charge >= 0.3 is 0 Å². The highest BCUT2D eigenvalue weighted by Gasteiger charge is 2.21. The van der Waals surface area contributed by atoms with Crippen molar-refractivity contribution >= 4 is 32.2 Å². The quantitative estimate of drug-likeness (QED) is 0.849. The van der Waals surface area contributed by atoms with Crippen LogP contribution in [0.4, 0.5) is 15.2 Å². The summed E-state index contributed by atoms with van der Waals surface area (Å²) in [6, 6.07) is 3.41. The van der Waals surface area contributed by atoms with E-state index < -0.39 is 20.7 Å². The second-order valence-corrected chi connectivity index (χ2v) is 7.02. The summed E-state index contributed by atoms with van der Waals surface area (Å²) in [6.07, 6.45) is 0.705. The minimum atomic E-state index is -4.04. The molecule has 1 heterocycles. The molecule has 0 aliphatic rings. The van der Waals surface area contributed by atoms with E-state index in [9.17, 15) is 12.8 Å². The van der Waals surface area contributed by atoms with E-state index in [0.717, 1.165) is 22.7 Å². The zero-order chi connectivity index (χ0) is 14.9. The molecule has 0 radical (unpaired) electrons. The number of thiazole rings is 1. The van der Waals surface area contributed by atoms with Crippen molar-refractivity contribution < 1.29 is 12.8 Å². The van der Waals surface area contributed by atoms with Gasteiger partial charge in [-0.05, 0) is 31.5 Å². The number of sulfonamides is 1. The number of hydrogen-bond donors (Lipinski definition) is 2. The number of benzene rings is 1. The molecule has 8 heteroatoms. The summed E-state index contributed by atoms with van der Waals surface area (Å²) in [5, 5.41) is 0.223. The van der Waals surface area contributed by atoms with Crippen LogP contribution in [-0.4, -0.2) is 13.4 Å². The molecule has 0 saturated heterocycles. The highest BCUT2D eigenvalue weighted by Crippen LogP contribution is 2.26. The van der Waals surface area contributed by atoms with Crippen LogP contribution < -0.4 is 10.5 Å². The SMILES string of the molecule is CCc1nc(NS(=O)(=O)c2cc(N)ccc2F)sc1C. The van der Waals surface area contributed by atoms with Crippen LogP contribution in [0.15, 0.2) is 23.1 Å². The Labute approximate surface area is 120 Å². The normalized spacial score (nSPS) is 11.6. The maximum atomic E-state index is 13.6. The molecule has 0 amide bonds. The zero-order valence-electron chi connectivity index (χ0n) is 11.0. The van der Waals surface area contributed by atoms with Crippen LogP contribution in [0.1, 0.15) is 17.5 Å². The van der Waals surface area contributed by atoms with E-state index in [4.69, 9.17) is 5.73 Å². The molecule has 0 bridgehead atoms. The van der Waals surface area contributed by atoms with E-state index in [2.05, 4.69) is 9.71 Å². The monoisotopic (exact) mass is 315 g/mol. The second kappa shape index (κ2) is 5.37. The van der Waals surface area contributed by atoms with E-state index >= 15 is 0 Å². The highest BCUT2D eigenvalue weighted by atomic mass is 32.2. The van der Waals surface area contributed by atoms with Gasteiger partial charge in [-0.15, -0.1) is 11.3 Å². The summed E-state index contributed by atoms with van der Waals surface area (Å²) >= 11 is 1.22. The van der Waals surface area contributed by atoms with Crippen LogP contribution in [0, 0.1) is 12.7 Å². The van der Waals surface area contributed by atoms with Gasteiger partial charge in [0.15, 0.2) is 5.13 Å². The first-order chi connectivity index (χ1) is 9.33. The Hall–Kier alpha value is -1.67. The fraction of sp³-hybridized carbons (Fsp3) is 0.250. The van der Waals surface area contributed by atoms with Gasteiger partial charge in [0, 0.05) is 10.6 Å². The molecule has 0 atom stereocenters. The number of hydrogen-bond acceptors (Lipinski definition) is 5. The van der Waals surface area contributed by atoms with Crippen LogP contribution in [-0.2, 0) is 16.4 Å². The second-order valence-electron chi connectivity index (χ2n) is 4.17. The summed E-state index contributed by atoms with van der Waals surface area (Å²) in [5.41, 5.74) is 6.49.